The summed E-state index contributed by atoms with van der Waals surface area (Å²) in [6, 6.07) is 4.44. The fraction of sp³-hybridized carbons (Fsp3) is 0.467. The number of amides is 2. The minimum Gasteiger partial charge on any atom is -0.496 e. The van der Waals surface area contributed by atoms with Gasteiger partial charge in [0.2, 0.25) is 11.8 Å². The van der Waals surface area contributed by atoms with Crippen molar-refractivity contribution in [1.82, 2.24) is 10.2 Å². The number of carbonyl (C=O) groups excluding carboxylic acids is 2. The average Bonchev–Trinajstić information content (AvgIpc) is 3.30. The van der Waals surface area contributed by atoms with E-state index < -0.39 is 10.8 Å². The van der Waals surface area contributed by atoms with Gasteiger partial charge in [-0.2, -0.15) is 0 Å². The van der Waals surface area contributed by atoms with Crippen molar-refractivity contribution in [3.63, 3.8) is 0 Å². The van der Waals surface area contributed by atoms with E-state index in [1.807, 2.05) is 0 Å². The van der Waals surface area contributed by atoms with Crippen LogP contribution in [0.3, 0.4) is 0 Å². The number of carbonyl (C=O) groups is 2. The summed E-state index contributed by atoms with van der Waals surface area (Å²) in [7, 11) is 3.04. The fourth-order valence-electron chi connectivity index (χ4n) is 2.13. The molecule has 0 unspecified atom stereocenters. The summed E-state index contributed by atoms with van der Waals surface area (Å²) in [5, 5.41) is 16.4. The molecule has 1 aromatic carbocycles. The van der Waals surface area contributed by atoms with E-state index in [-0.39, 0.29) is 36.4 Å². The second-order valence-corrected chi connectivity index (χ2v) is 5.70. The van der Waals surface area contributed by atoms with Crippen molar-refractivity contribution in [3.8, 4) is 5.75 Å². The number of hydrogen-bond donors (Lipinski definition) is 2. The van der Waals surface area contributed by atoms with Gasteiger partial charge in [0.1, 0.15) is 11.4 Å². The van der Waals surface area contributed by atoms with Crippen molar-refractivity contribution >= 4 is 23.2 Å². The van der Waals surface area contributed by atoms with E-state index >= 15 is 0 Å². The van der Waals surface area contributed by atoms with Gasteiger partial charge in [0, 0.05) is 6.04 Å². The van der Waals surface area contributed by atoms with Crippen LogP contribution in [0, 0.1) is 10.1 Å². The topological polar surface area (TPSA) is 114 Å². The van der Waals surface area contributed by atoms with Crippen molar-refractivity contribution < 1.29 is 19.2 Å². The van der Waals surface area contributed by atoms with Crippen LogP contribution in [-0.4, -0.2) is 54.9 Å². The Labute approximate surface area is 139 Å². The quantitative estimate of drug-likeness (QED) is 0.535. The third-order valence-corrected chi connectivity index (χ3v) is 3.45. The molecule has 0 saturated heterocycles. The standard InChI is InChI=1S/C15H20N4O5/c1-18(8-14(20)16-10-3-4-10)9-15(21)17-12-6-5-11(24-2)7-13(12)19(22)23/h5-7,10H,3-4,8-9H2,1-2H3,(H,16,20)(H,17,21). The third-order valence-electron chi connectivity index (χ3n) is 3.45. The van der Waals surface area contributed by atoms with Gasteiger partial charge in [-0.1, -0.05) is 0 Å². The van der Waals surface area contributed by atoms with Gasteiger partial charge in [-0.15, -0.1) is 0 Å². The van der Waals surface area contributed by atoms with Crippen LogP contribution in [0.1, 0.15) is 12.8 Å². The zero-order valence-corrected chi connectivity index (χ0v) is 13.6. The van der Waals surface area contributed by atoms with Crippen molar-refractivity contribution in [3.05, 3.63) is 28.3 Å². The van der Waals surface area contributed by atoms with E-state index in [1.165, 1.54) is 25.3 Å². The first-order valence-electron chi connectivity index (χ1n) is 7.49. The number of nitro groups is 1. The molecule has 0 bridgehead atoms. The minimum atomic E-state index is -0.592. The summed E-state index contributed by atoms with van der Waals surface area (Å²) in [6.45, 7) is 0.0376. The van der Waals surface area contributed by atoms with Crippen LogP contribution in [0.2, 0.25) is 0 Å². The normalized spacial score (nSPS) is 13.5. The zero-order chi connectivity index (χ0) is 17.7. The lowest BCUT2D eigenvalue weighted by Gasteiger charge is -2.16. The lowest BCUT2D eigenvalue weighted by molar-refractivity contribution is -0.384. The summed E-state index contributed by atoms with van der Waals surface area (Å²) in [6.07, 6.45) is 1.99. The Morgan fingerprint density at radius 1 is 1.33 bits per heavy atom. The number of nitrogens with zero attached hydrogens (tertiary/aromatic N) is 2. The van der Waals surface area contributed by atoms with Crippen LogP contribution in [0.15, 0.2) is 18.2 Å². The molecule has 0 spiro atoms. The van der Waals surface area contributed by atoms with Crippen LogP contribution in [0.5, 0.6) is 5.75 Å². The van der Waals surface area contributed by atoms with Gasteiger partial charge in [0.05, 0.1) is 31.2 Å². The van der Waals surface area contributed by atoms with E-state index in [9.17, 15) is 19.7 Å². The first kappa shape index (κ1) is 17.7. The lowest BCUT2D eigenvalue weighted by Crippen LogP contribution is -2.39. The molecular formula is C15H20N4O5. The predicted molar refractivity (Wildman–Crippen MR) is 86.9 cm³/mol. The first-order chi connectivity index (χ1) is 11.4. The fourth-order valence-corrected chi connectivity index (χ4v) is 2.13. The number of methoxy groups -OCH3 is 1. The monoisotopic (exact) mass is 336 g/mol. The number of nitro benzene ring substituents is 1. The van der Waals surface area contributed by atoms with E-state index in [0.29, 0.717) is 5.75 Å². The molecular weight excluding hydrogens is 316 g/mol. The Morgan fingerprint density at radius 2 is 2.00 bits per heavy atom. The number of ether oxygens (including phenoxy) is 1. The van der Waals surface area contributed by atoms with Gasteiger partial charge in [-0.25, -0.2) is 0 Å². The molecule has 130 valence electrons. The van der Waals surface area contributed by atoms with Crippen LogP contribution in [-0.2, 0) is 9.59 Å². The second-order valence-electron chi connectivity index (χ2n) is 5.70. The van der Waals surface area contributed by atoms with Crippen LogP contribution in [0.4, 0.5) is 11.4 Å². The molecule has 1 aliphatic rings. The van der Waals surface area contributed by atoms with Crippen molar-refractivity contribution in [2.24, 2.45) is 0 Å². The molecule has 2 N–H and O–H groups in total. The molecule has 1 aromatic rings. The molecule has 0 aromatic heterocycles. The van der Waals surface area contributed by atoms with Crippen molar-refractivity contribution in [2.45, 2.75) is 18.9 Å². The van der Waals surface area contributed by atoms with Crippen LogP contribution < -0.4 is 15.4 Å². The van der Waals surface area contributed by atoms with Gasteiger partial charge in [0.25, 0.3) is 5.69 Å². The lowest BCUT2D eigenvalue weighted by atomic mass is 10.2. The minimum absolute atomic E-state index is 0.0543. The van der Waals surface area contributed by atoms with Gasteiger partial charge in [0.15, 0.2) is 0 Å². The van der Waals surface area contributed by atoms with E-state index in [2.05, 4.69) is 10.6 Å². The molecule has 9 nitrogen and oxygen atoms in total. The van der Waals surface area contributed by atoms with E-state index in [4.69, 9.17) is 4.74 Å². The largest absolute Gasteiger partial charge is 0.496 e. The molecule has 0 atom stereocenters. The maximum atomic E-state index is 12.0. The molecule has 0 heterocycles. The average molecular weight is 336 g/mol. The SMILES string of the molecule is COc1ccc(NC(=O)CN(C)CC(=O)NC2CC2)c([N+](=O)[O-])c1. The Hall–Kier alpha value is -2.68. The summed E-state index contributed by atoms with van der Waals surface area (Å²) in [5.74, 6) is -0.248. The van der Waals surface area contributed by atoms with Gasteiger partial charge < -0.3 is 15.4 Å². The Balaban J connectivity index is 1.91. The number of anilines is 1. The van der Waals surface area contributed by atoms with Gasteiger partial charge in [-0.3, -0.25) is 24.6 Å². The molecule has 1 aliphatic carbocycles. The second kappa shape index (κ2) is 7.73. The first-order valence-corrected chi connectivity index (χ1v) is 7.49. The van der Waals surface area contributed by atoms with Gasteiger partial charge >= 0.3 is 0 Å². The Kier molecular flexibility index (Phi) is 5.69. The van der Waals surface area contributed by atoms with E-state index in [0.717, 1.165) is 12.8 Å². The highest BCUT2D eigenvalue weighted by Crippen LogP contribution is 2.28. The molecule has 0 radical (unpaired) electrons. The predicted octanol–water partition coefficient (Wildman–Crippen LogP) is 0.752. The number of benzene rings is 1. The van der Waals surface area contributed by atoms with Gasteiger partial charge in [-0.05, 0) is 32.0 Å². The zero-order valence-electron chi connectivity index (χ0n) is 13.6. The van der Waals surface area contributed by atoms with Crippen molar-refractivity contribution in [1.29, 1.82) is 0 Å². The molecule has 2 rings (SSSR count). The third kappa shape index (κ3) is 5.20. The number of likely N-dealkylation sites (N-methyl/N-ethyl adjacent to an activating group) is 1. The molecule has 0 aliphatic heterocycles. The highest BCUT2D eigenvalue weighted by Gasteiger charge is 2.24. The highest BCUT2D eigenvalue weighted by molar-refractivity contribution is 5.94. The molecule has 24 heavy (non-hydrogen) atoms. The number of rotatable bonds is 8. The van der Waals surface area contributed by atoms with E-state index in [1.54, 1.807) is 11.9 Å². The maximum absolute atomic E-state index is 12.0. The van der Waals surface area contributed by atoms with Crippen LogP contribution in [0.25, 0.3) is 0 Å². The molecule has 9 heteroatoms. The summed E-state index contributed by atoms with van der Waals surface area (Å²) in [4.78, 5) is 35.7. The summed E-state index contributed by atoms with van der Waals surface area (Å²) in [5.41, 5.74) is -0.168. The smallest absolute Gasteiger partial charge is 0.296 e. The molecule has 1 fully saturated rings. The Bertz CT molecular complexity index is 645. The van der Waals surface area contributed by atoms with Crippen LogP contribution >= 0.6 is 0 Å². The Morgan fingerprint density at radius 3 is 2.58 bits per heavy atom. The number of hydrogen-bond acceptors (Lipinski definition) is 6. The maximum Gasteiger partial charge on any atom is 0.296 e. The van der Waals surface area contributed by atoms with Crippen molar-refractivity contribution in [2.75, 3.05) is 32.6 Å². The highest BCUT2D eigenvalue weighted by atomic mass is 16.6. The summed E-state index contributed by atoms with van der Waals surface area (Å²) < 4.78 is 4.94. The molecule has 1 saturated carbocycles. The number of nitrogens with one attached hydrogen (secondary N) is 2. The summed E-state index contributed by atoms with van der Waals surface area (Å²) >= 11 is 0. The molecule has 2 amide bonds.